The Kier molecular flexibility index (Phi) is 7.29. The van der Waals surface area contributed by atoms with Crippen molar-refractivity contribution in [1.82, 2.24) is 5.32 Å². The number of ether oxygens (including phenoxy) is 1. The minimum Gasteiger partial charge on any atom is -0.455 e. The van der Waals surface area contributed by atoms with Gasteiger partial charge in [0, 0.05) is 16.6 Å². The number of halogens is 2. The van der Waals surface area contributed by atoms with Crippen LogP contribution in [0.5, 0.6) is 0 Å². The first kappa shape index (κ1) is 19.3. The molecule has 0 spiro atoms. The summed E-state index contributed by atoms with van der Waals surface area (Å²) in [6.45, 7) is 1.82. The number of carbonyl (C=O) groups excluding carboxylic acids is 2. The molecule has 0 saturated carbocycles. The molecule has 1 atom stereocenters. The van der Waals surface area contributed by atoms with E-state index in [1.54, 1.807) is 18.2 Å². The predicted molar refractivity (Wildman–Crippen MR) is 98.7 cm³/mol. The Balaban J connectivity index is 1.83. The van der Waals surface area contributed by atoms with Crippen molar-refractivity contribution in [2.24, 2.45) is 0 Å². The molecule has 6 heteroatoms. The minimum atomic E-state index is -0.409. The number of hydrogen-bond donors (Lipinski definition) is 1. The first-order chi connectivity index (χ1) is 12.0. The van der Waals surface area contributed by atoms with Crippen molar-refractivity contribution >= 4 is 35.1 Å². The zero-order valence-electron chi connectivity index (χ0n) is 13.8. The van der Waals surface area contributed by atoms with Crippen molar-refractivity contribution in [3.63, 3.8) is 0 Å². The van der Waals surface area contributed by atoms with Crippen LogP contribution in [0.3, 0.4) is 0 Å². The van der Waals surface area contributed by atoms with Gasteiger partial charge in [0.05, 0.1) is 5.92 Å². The molecular formula is C19H19Cl2NO3. The highest BCUT2D eigenvalue weighted by Gasteiger charge is 2.20. The van der Waals surface area contributed by atoms with Crippen LogP contribution in [0.25, 0.3) is 0 Å². The molecule has 0 fully saturated rings. The second-order valence-electron chi connectivity index (χ2n) is 5.49. The van der Waals surface area contributed by atoms with Crippen molar-refractivity contribution in [3.05, 3.63) is 69.7 Å². The third-order valence-electron chi connectivity index (χ3n) is 3.73. The molecule has 0 bridgehead atoms. The van der Waals surface area contributed by atoms with E-state index in [4.69, 9.17) is 27.9 Å². The lowest BCUT2D eigenvalue weighted by Crippen LogP contribution is -2.29. The van der Waals surface area contributed by atoms with Crippen LogP contribution in [0, 0.1) is 0 Å². The van der Waals surface area contributed by atoms with Crippen molar-refractivity contribution < 1.29 is 14.3 Å². The molecule has 2 aromatic carbocycles. The van der Waals surface area contributed by atoms with Crippen LogP contribution in [0.15, 0.2) is 48.5 Å². The van der Waals surface area contributed by atoms with Gasteiger partial charge in [-0.2, -0.15) is 0 Å². The lowest BCUT2D eigenvalue weighted by atomic mass is 9.97. The highest BCUT2D eigenvalue weighted by atomic mass is 35.5. The quantitative estimate of drug-likeness (QED) is 0.727. The topological polar surface area (TPSA) is 55.4 Å². The molecule has 0 heterocycles. The summed E-state index contributed by atoms with van der Waals surface area (Å²) in [6, 6.07) is 14.4. The van der Waals surface area contributed by atoms with Crippen LogP contribution < -0.4 is 5.32 Å². The zero-order chi connectivity index (χ0) is 18.2. The lowest BCUT2D eigenvalue weighted by Gasteiger charge is -2.14. The fourth-order valence-corrected chi connectivity index (χ4v) is 2.85. The van der Waals surface area contributed by atoms with E-state index < -0.39 is 5.97 Å². The fraction of sp³-hybridized carbons (Fsp3) is 0.263. The van der Waals surface area contributed by atoms with Crippen LogP contribution in [0.2, 0.25) is 10.0 Å². The maximum absolute atomic E-state index is 12.2. The first-order valence-electron chi connectivity index (χ1n) is 7.93. The Hall–Kier alpha value is -2.04. The summed E-state index contributed by atoms with van der Waals surface area (Å²) in [4.78, 5) is 24.1. The van der Waals surface area contributed by atoms with E-state index in [-0.39, 0.29) is 25.0 Å². The van der Waals surface area contributed by atoms with Crippen LogP contribution in [-0.4, -0.2) is 18.5 Å². The molecule has 0 aliphatic carbocycles. The summed E-state index contributed by atoms with van der Waals surface area (Å²) >= 11 is 11.9. The second-order valence-corrected chi connectivity index (χ2v) is 6.34. The van der Waals surface area contributed by atoms with Gasteiger partial charge < -0.3 is 10.1 Å². The van der Waals surface area contributed by atoms with Crippen molar-refractivity contribution in [3.8, 4) is 0 Å². The summed E-state index contributed by atoms with van der Waals surface area (Å²) in [5.74, 6) is -1.17. The van der Waals surface area contributed by atoms with Crippen molar-refractivity contribution in [1.29, 1.82) is 0 Å². The molecule has 0 aliphatic rings. The van der Waals surface area contributed by atoms with E-state index in [0.29, 0.717) is 16.5 Å². The average Bonchev–Trinajstić information content (AvgIpc) is 2.61. The zero-order valence-corrected chi connectivity index (χ0v) is 15.3. The van der Waals surface area contributed by atoms with Gasteiger partial charge in [-0.3, -0.25) is 9.59 Å². The third kappa shape index (κ3) is 5.76. The molecule has 0 saturated heterocycles. The fourth-order valence-electron chi connectivity index (χ4n) is 2.37. The van der Waals surface area contributed by atoms with Crippen LogP contribution in [0.1, 0.15) is 30.4 Å². The average molecular weight is 380 g/mol. The minimum absolute atomic E-state index is 0.238. The number of amides is 1. The number of carbonyl (C=O) groups is 2. The van der Waals surface area contributed by atoms with Gasteiger partial charge in [-0.25, -0.2) is 0 Å². The Morgan fingerprint density at radius 3 is 2.48 bits per heavy atom. The van der Waals surface area contributed by atoms with Gasteiger partial charge >= 0.3 is 5.97 Å². The molecule has 0 radical (unpaired) electrons. The maximum atomic E-state index is 12.2. The summed E-state index contributed by atoms with van der Waals surface area (Å²) in [7, 11) is 0. The van der Waals surface area contributed by atoms with Gasteiger partial charge in [0.1, 0.15) is 0 Å². The maximum Gasteiger partial charge on any atom is 0.313 e. The van der Waals surface area contributed by atoms with Crippen molar-refractivity contribution in [2.45, 2.75) is 25.8 Å². The highest BCUT2D eigenvalue weighted by molar-refractivity contribution is 6.35. The van der Waals surface area contributed by atoms with Crippen LogP contribution >= 0.6 is 23.2 Å². The van der Waals surface area contributed by atoms with Crippen LogP contribution in [-0.2, 0) is 20.9 Å². The Labute approximate surface area is 157 Å². The van der Waals surface area contributed by atoms with Gasteiger partial charge in [0.25, 0.3) is 5.91 Å². The van der Waals surface area contributed by atoms with E-state index in [1.165, 1.54) is 0 Å². The van der Waals surface area contributed by atoms with E-state index in [1.807, 2.05) is 37.3 Å². The molecule has 0 aliphatic heterocycles. The molecule has 132 valence electrons. The molecule has 1 N–H and O–H groups in total. The molecule has 0 aromatic heterocycles. The highest BCUT2D eigenvalue weighted by Crippen LogP contribution is 2.21. The first-order valence-corrected chi connectivity index (χ1v) is 8.69. The molecule has 1 amide bonds. The Morgan fingerprint density at radius 2 is 1.84 bits per heavy atom. The Bertz CT molecular complexity index is 735. The lowest BCUT2D eigenvalue weighted by molar-refractivity contribution is -0.150. The summed E-state index contributed by atoms with van der Waals surface area (Å²) < 4.78 is 5.14. The summed E-state index contributed by atoms with van der Waals surface area (Å²) in [6.07, 6.45) is 0.602. The van der Waals surface area contributed by atoms with E-state index >= 15 is 0 Å². The molecule has 2 aromatic rings. The normalized spacial score (nSPS) is 11.6. The number of nitrogens with one attached hydrogen (secondary N) is 1. The standard InChI is InChI=1S/C19H19Cl2NO3/c1-2-16(13-6-4-3-5-7-13)19(24)25-12-18(23)22-11-14-8-9-15(20)10-17(14)21/h3-10,16H,2,11-12H2,1H3,(H,22,23)/t16-/m1/s1. The molecule has 0 unspecified atom stereocenters. The molecular weight excluding hydrogens is 361 g/mol. The number of benzene rings is 2. The van der Waals surface area contributed by atoms with Gasteiger partial charge in [-0.1, -0.05) is 66.5 Å². The third-order valence-corrected chi connectivity index (χ3v) is 4.32. The number of esters is 1. The van der Waals surface area contributed by atoms with E-state index in [2.05, 4.69) is 5.32 Å². The number of rotatable bonds is 7. The van der Waals surface area contributed by atoms with Gasteiger partial charge in [-0.15, -0.1) is 0 Å². The predicted octanol–water partition coefficient (Wildman–Crippen LogP) is 4.35. The van der Waals surface area contributed by atoms with E-state index in [0.717, 1.165) is 11.1 Å². The summed E-state index contributed by atoms with van der Waals surface area (Å²) in [5, 5.41) is 3.67. The summed E-state index contributed by atoms with van der Waals surface area (Å²) in [5.41, 5.74) is 1.62. The second kappa shape index (κ2) is 9.44. The monoisotopic (exact) mass is 379 g/mol. The van der Waals surface area contributed by atoms with E-state index in [9.17, 15) is 9.59 Å². The van der Waals surface area contributed by atoms with Crippen LogP contribution in [0.4, 0.5) is 0 Å². The SMILES string of the molecule is CC[C@@H](C(=O)OCC(=O)NCc1ccc(Cl)cc1Cl)c1ccccc1. The van der Waals surface area contributed by atoms with Gasteiger partial charge in [-0.05, 0) is 29.7 Å². The smallest absolute Gasteiger partial charge is 0.313 e. The van der Waals surface area contributed by atoms with Gasteiger partial charge in [0.15, 0.2) is 6.61 Å². The number of hydrogen-bond acceptors (Lipinski definition) is 3. The molecule has 4 nitrogen and oxygen atoms in total. The molecule has 25 heavy (non-hydrogen) atoms. The largest absolute Gasteiger partial charge is 0.455 e. The van der Waals surface area contributed by atoms with Crippen molar-refractivity contribution in [2.75, 3.05) is 6.61 Å². The Morgan fingerprint density at radius 1 is 1.12 bits per heavy atom. The van der Waals surface area contributed by atoms with Gasteiger partial charge in [0.2, 0.25) is 0 Å². The molecule has 2 rings (SSSR count).